The summed E-state index contributed by atoms with van der Waals surface area (Å²) in [5.74, 6) is -1.53. The van der Waals surface area contributed by atoms with E-state index in [4.69, 9.17) is 15.6 Å². The zero-order chi connectivity index (χ0) is 15.8. The normalized spacial score (nSPS) is 12.4. The van der Waals surface area contributed by atoms with Crippen LogP contribution in [0.5, 0.6) is 0 Å². The number of rotatable bonds is 7. The Bertz CT molecular complexity index is 351. The summed E-state index contributed by atoms with van der Waals surface area (Å²) in [6.45, 7) is 5.57. The van der Waals surface area contributed by atoms with Crippen molar-refractivity contribution in [2.45, 2.75) is 45.3 Å². The molecule has 1 atom stereocenters. The van der Waals surface area contributed by atoms with Crippen LogP contribution in [-0.2, 0) is 14.3 Å². The minimum Gasteiger partial charge on any atom is -0.481 e. The molecule has 116 valence electrons. The molecule has 0 heterocycles. The van der Waals surface area contributed by atoms with E-state index >= 15 is 0 Å². The van der Waals surface area contributed by atoms with Crippen molar-refractivity contribution in [3.63, 3.8) is 0 Å². The summed E-state index contributed by atoms with van der Waals surface area (Å²) in [5.41, 5.74) is 4.56. The average Bonchev–Trinajstić information content (AvgIpc) is 2.28. The summed E-state index contributed by atoms with van der Waals surface area (Å²) in [7, 11) is 0. The van der Waals surface area contributed by atoms with Crippen LogP contribution in [0.1, 0.15) is 33.6 Å². The lowest BCUT2D eigenvalue weighted by Gasteiger charge is -2.23. The summed E-state index contributed by atoms with van der Waals surface area (Å²) in [6.07, 6.45) is -1.03. The van der Waals surface area contributed by atoms with Gasteiger partial charge in [0, 0.05) is 19.5 Å². The number of nitrogens with one attached hydrogen (secondary N) is 2. The van der Waals surface area contributed by atoms with Crippen molar-refractivity contribution in [3.05, 3.63) is 0 Å². The molecule has 0 radical (unpaired) electrons. The summed E-state index contributed by atoms with van der Waals surface area (Å²) < 4.78 is 5.03. The van der Waals surface area contributed by atoms with Crippen molar-refractivity contribution in [1.29, 1.82) is 0 Å². The number of alkyl carbamates (subject to hydrolysis) is 1. The lowest BCUT2D eigenvalue weighted by molar-refractivity contribution is -0.137. The van der Waals surface area contributed by atoms with Crippen LogP contribution in [0, 0.1) is 0 Å². The predicted octanol–water partition coefficient (Wildman–Crippen LogP) is -0.181. The topological polar surface area (TPSA) is 131 Å². The average molecular weight is 289 g/mol. The molecular weight excluding hydrogens is 266 g/mol. The maximum Gasteiger partial charge on any atom is 0.408 e. The number of ether oxygens (including phenoxy) is 1. The second kappa shape index (κ2) is 8.36. The Morgan fingerprint density at radius 3 is 2.35 bits per heavy atom. The largest absolute Gasteiger partial charge is 0.481 e. The zero-order valence-corrected chi connectivity index (χ0v) is 12.1. The number of amides is 2. The first-order chi connectivity index (χ1) is 9.15. The van der Waals surface area contributed by atoms with Crippen LogP contribution in [0.3, 0.4) is 0 Å². The Morgan fingerprint density at radius 1 is 1.30 bits per heavy atom. The Balaban J connectivity index is 4.54. The van der Waals surface area contributed by atoms with Gasteiger partial charge in [0.25, 0.3) is 0 Å². The number of carbonyl (C=O) groups excluding carboxylic acids is 2. The van der Waals surface area contributed by atoms with Crippen LogP contribution in [0.15, 0.2) is 0 Å². The Hall–Kier alpha value is -1.83. The smallest absolute Gasteiger partial charge is 0.408 e. The van der Waals surface area contributed by atoms with Gasteiger partial charge < -0.3 is 26.2 Å². The number of hydrogen-bond acceptors (Lipinski definition) is 5. The molecule has 0 aromatic heterocycles. The Kier molecular flexibility index (Phi) is 7.60. The molecule has 0 fully saturated rings. The lowest BCUT2D eigenvalue weighted by atomic mass is 10.1. The number of carbonyl (C=O) groups is 3. The number of hydrogen-bond donors (Lipinski definition) is 4. The fourth-order valence-electron chi connectivity index (χ4n) is 1.31. The minimum atomic E-state index is -1.05. The van der Waals surface area contributed by atoms with Gasteiger partial charge in [-0.1, -0.05) is 0 Å². The minimum absolute atomic E-state index is 0.0228. The molecule has 8 nitrogen and oxygen atoms in total. The van der Waals surface area contributed by atoms with Gasteiger partial charge in [0.15, 0.2) is 0 Å². The molecule has 0 saturated heterocycles. The summed E-state index contributed by atoms with van der Waals surface area (Å²) in [6, 6.07) is -0.965. The number of nitrogens with two attached hydrogens (primary N) is 1. The molecule has 8 heteroatoms. The first kappa shape index (κ1) is 18.2. The quantitative estimate of drug-likeness (QED) is 0.514. The highest BCUT2D eigenvalue weighted by molar-refractivity contribution is 5.86. The SMILES string of the molecule is CC(C)(C)OC(=O)N[C@H](CCC(=O)O)C(=O)NCCN. The van der Waals surface area contributed by atoms with Crippen molar-refractivity contribution < 1.29 is 24.2 Å². The molecule has 0 aliphatic carbocycles. The van der Waals surface area contributed by atoms with Crippen LogP contribution < -0.4 is 16.4 Å². The summed E-state index contributed by atoms with van der Waals surface area (Å²) in [5, 5.41) is 13.5. The molecular formula is C12H23N3O5. The van der Waals surface area contributed by atoms with Crippen LogP contribution in [0.4, 0.5) is 4.79 Å². The second-order valence-corrected chi connectivity index (χ2v) is 5.21. The third-order valence-electron chi connectivity index (χ3n) is 2.10. The van der Waals surface area contributed by atoms with E-state index in [0.29, 0.717) is 0 Å². The standard InChI is InChI=1S/C12H23N3O5/c1-12(2,3)20-11(19)15-8(4-5-9(16)17)10(18)14-7-6-13/h8H,4-7,13H2,1-3H3,(H,14,18)(H,15,19)(H,16,17)/t8-/m1/s1. The van der Waals surface area contributed by atoms with Gasteiger partial charge in [-0.15, -0.1) is 0 Å². The fraction of sp³-hybridized carbons (Fsp3) is 0.750. The van der Waals surface area contributed by atoms with Gasteiger partial charge in [-0.3, -0.25) is 9.59 Å². The molecule has 0 bridgehead atoms. The summed E-state index contributed by atoms with van der Waals surface area (Å²) >= 11 is 0. The van der Waals surface area contributed by atoms with E-state index in [1.54, 1.807) is 20.8 Å². The van der Waals surface area contributed by atoms with Crippen molar-refractivity contribution in [2.24, 2.45) is 5.73 Å². The monoisotopic (exact) mass is 289 g/mol. The third-order valence-corrected chi connectivity index (χ3v) is 2.10. The van der Waals surface area contributed by atoms with Gasteiger partial charge in [-0.05, 0) is 27.2 Å². The van der Waals surface area contributed by atoms with Crippen molar-refractivity contribution in [3.8, 4) is 0 Å². The Morgan fingerprint density at radius 2 is 1.90 bits per heavy atom. The molecule has 0 aliphatic rings. The number of aliphatic carboxylic acids is 1. The highest BCUT2D eigenvalue weighted by Crippen LogP contribution is 2.07. The van der Waals surface area contributed by atoms with E-state index < -0.39 is 29.6 Å². The van der Waals surface area contributed by atoms with Crippen LogP contribution in [0.2, 0.25) is 0 Å². The van der Waals surface area contributed by atoms with Gasteiger partial charge in [0.1, 0.15) is 11.6 Å². The zero-order valence-electron chi connectivity index (χ0n) is 12.1. The van der Waals surface area contributed by atoms with E-state index in [9.17, 15) is 14.4 Å². The molecule has 0 rings (SSSR count). The lowest BCUT2D eigenvalue weighted by Crippen LogP contribution is -2.49. The number of carboxylic acid groups (broad SMARTS) is 1. The maximum absolute atomic E-state index is 11.8. The van der Waals surface area contributed by atoms with E-state index in [2.05, 4.69) is 10.6 Å². The fourth-order valence-corrected chi connectivity index (χ4v) is 1.31. The molecule has 2 amide bonds. The van der Waals surface area contributed by atoms with Gasteiger partial charge >= 0.3 is 12.1 Å². The highest BCUT2D eigenvalue weighted by atomic mass is 16.6. The first-order valence-corrected chi connectivity index (χ1v) is 6.35. The van der Waals surface area contributed by atoms with Gasteiger partial charge in [0.2, 0.25) is 5.91 Å². The van der Waals surface area contributed by atoms with Gasteiger partial charge in [-0.2, -0.15) is 0 Å². The third kappa shape index (κ3) is 9.15. The van der Waals surface area contributed by atoms with Crippen molar-refractivity contribution in [1.82, 2.24) is 10.6 Å². The molecule has 0 saturated carbocycles. The first-order valence-electron chi connectivity index (χ1n) is 6.35. The second-order valence-electron chi connectivity index (χ2n) is 5.21. The number of carboxylic acids is 1. The summed E-state index contributed by atoms with van der Waals surface area (Å²) in [4.78, 5) is 34.0. The molecule has 0 unspecified atom stereocenters. The molecule has 0 spiro atoms. The Labute approximate surface area is 118 Å². The van der Waals surface area contributed by atoms with Crippen LogP contribution in [0.25, 0.3) is 0 Å². The van der Waals surface area contributed by atoms with E-state index in [-0.39, 0.29) is 25.9 Å². The molecule has 20 heavy (non-hydrogen) atoms. The van der Waals surface area contributed by atoms with Crippen LogP contribution in [-0.4, -0.2) is 47.8 Å². The van der Waals surface area contributed by atoms with Crippen molar-refractivity contribution >= 4 is 18.0 Å². The molecule has 0 aliphatic heterocycles. The van der Waals surface area contributed by atoms with Crippen LogP contribution >= 0.6 is 0 Å². The molecule has 5 N–H and O–H groups in total. The highest BCUT2D eigenvalue weighted by Gasteiger charge is 2.24. The predicted molar refractivity (Wildman–Crippen MR) is 72.1 cm³/mol. The van der Waals surface area contributed by atoms with Gasteiger partial charge in [0.05, 0.1) is 0 Å². The van der Waals surface area contributed by atoms with Gasteiger partial charge in [-0.25, -0.2) is 4.79 Å². The van der Waals surface area contributed by atoms with Crippen molar-refractivity contribution in [2.75, 3.05) is 13.1 Å². The van der Waals surface area contributed by atoms with E-state index in [1.165, 1.54) is 0 Å². The molecule has 0 aromatic rings. The molecule has 0 aromatic carbocycles. The maximum atomic E-state index is 11.8. The van der Waals surface area contributed by atoms with E-state index in [0.717, 1.165) is 0 Å². The van der Waals surface area contributed by atoms with E-state index in [1.807, 2.05) is 0 Å².